The molecule has 9 heteroatoms. The Balaban J connectivity index is 1.31. The van der Waals surface area contributed by atoms with Gasteiger partial charge in [0.2, 0.25) is 11.8 Å². The molecule has 2 aliphatic rings. The molecule has 1 N–H and O–H groups in total. The first kappa shape index (κ1) is 22.4. The topological polar surface area (TPSA) is 84.8 Å². The average Bonchev–Trinajstić information content (AvgIpc) is 3.55. The number of piperazine rings is 1. The van der Waals surface area contributed by atoms with E-state index in [2.05, 4.69) is 32.1 Å². The number of likely N-dealkylation sites (N-methyl/N-ethyl adjacent to an activating group) is 1. The third-order valence-corrected chi connectivity index (χ3v) is 6.68. The van der Waals surface area contributed by atoms with Gasteiger partial charge >= 0.3 is 0 Å². The van der Waals surface area contributed by atoms with Crippen LogP contribution in [0.5, 0.6) is 11.6 Å². The maximum absolute atomic E-state index is 12.8. The summed E-state index contributed by atoms with van der Waals surface area (Å²) in [6, 6.07) is 5.74. The van der Waals surface area contributed by atoms with Crippen LogP contribution in [0.2, 0.25) is 0 Å². The van der Waals surface area contributed by atoms with Crippen molar-refractivity contribution in [2.45, 2.75) is 0 Å². The van der Waals surface area contributed by atoms with E-state index < -0.39 is 0 Å². The third kappa shape index (κ3) is 4.24. The van der Waals surface area contributed by atoms with Crippen molar-refractivity contribution in [3.63, 3.8) is 0 Å². The number of aromatic nitrogens is 3. The second kappa shape index (κ2) is 9.08. The molecule has 0 spiro atoms. The minimum Gasteiger partial charge on any atom is -0.496 e. The molecular formula is C25H30N6O3. The van der Waals surface area contributed by atoms with Crippen molar-refractivity contribution < 1.29 is 14.3 Å². The maximum Gasteiger partial charge on any atom is 0.236 e. The van der Waals surface area contributed by atoms with E-state index in [1.54, 1.807) is 26.6 Å². The zero-order valence-electron chi connectivity index (χ0n) is 20.0. The number of pyridine rings is 2. The lowest BCUT2D eigenvalue weighted by atomic mass is 10.1. The van der Waals surface area contributed by atoms with Crippen molar-refractivity contribution in [2.75, 3.05) is 59.3 Å². The van der Waals surface area contributed by atoms with E-state index in [1.807, 2.05) is 35.9 Å². The van der Waals surface area contributed by atoms with Crippen molar-refractivity contribution in [1.29, 1.82) is 0 Å². The van der Waals surface area contributed by atoms with Crippen molar-refractivity contribution >= 4 is 22.6 Å². The number of carbonyl (C=O) groups is 1. The predicted molar refractivity (Wildman–Crippen MR) is 131 cm³/mol. The number of anilines is 1. The quantitative estimate of drug-likeness (QED) is 0.540. The molecule has 1 aliphatic carbocycles. The van der Waals surface area contributed by atoms with Gasteiger partial charge in [-0.25, -0.2) is 9.97 Å². The lowest BCUT2D eigenvalue weighted by Crippen LogP contribution is -2.44. The highest BCUT2D eigenvalue weighted by atomic mass is 16.5. The highest BCUT2D eigenvalue weighted by Gasteiger charge is 2.33. The molecule has 178 valence electrons. The average molecular weight is 463 g/mol. The van der Waals surface area contributed by atoms with Gasteiger partial charge < -0.3 is 24.3 Å². The van der Waals surface area contributed by atoms with Crippen LogP contribution >= 0.6 is 0 Å². The zero-order chi connectivity index (χ0) is 23.8. The molecule has 4 heterocycles. The smallest absolute Gasteiger partial charge is 0.236 e. The fourth-order valence-electron chi connectivity index (χ4n) is 4.56. The molecule has 3 aromatic rings. The van der Waals surface area contributed by atoms with E-state index in [1.165, 1.54) is 5.57 Å². The SMILES string of the molecule is COc1ccnc(OC)c1-c1cc2cc(NC(=O)[C@@H]3C=C3CN3CCN(C)CC3)ncc2n1C. The number of rotatable bonds is 7. The Morgan fingerprint density at radius 3 is 2.65 bits per heavy atom. The summed E-state index contributed by atoms with van der Waals surface area (Å²) in [4.78, 5) is 26.4. The van der Waals surface area contributed by atoms with Gasteiger partial charge in [-0.3, -0.25) is 9.69 Å². The molecule has 0 saturated carbocycles. The number of aryl methyl sites for hydroxylation is 1. The summed E-state index contributed by atoms with van der Waals surface area (Å²) in [6.45, 7) is 5.11. The lowest BCUT2D eigenvalue weighted by Gasteiger charge is -2.31. The molecule has 1 saturated heterocycles. The molecule has 5 rings (SSSR count). The molecule has 1 amide bonds. The van der Waals surface area contributed by atoms with Gasteiger partial charge in [-0.15, -0.1) is 0 Å². The number of nitrogens with zero attached hydrogens (tertiary/aromatic N) is 5. The van der Waals surface area contributed by atoms with E-state index >= 15 is 0 Å². The van der Waals surface area contributed by atoms with Crippen LogP contribution in [-0.4, -0.2) is 84.2 Å². The first-order chi connectivity index (χ1) is 16.5. The van der Waals surface area contributed by atoms with Gasteiger partial charge in [-0.1, -0.05) is 6.08 Å². The molecule has 3 aromatic heterocycles. The molecule has 1 atom stereocenters. The second-order valence-corrected chi connectivity index (χ2v) is 8.90. The molecule has 1 fully saturated rings. The zero-order valence-corrected chi connectivity index (χ0v) is 20.0. The normalized spacial score (nSPS) is 18.6. The van der Waals surface area contributed by atoms with Crippen molar-refractivity contribution in [1.82, 2.24) is 24.3 Å². The number of hydrogen-bond acceptors (Lipinski definition) is 7. The fraction of sp³-hybridized carbons (Fsp3) is 0.400. The standard InChI is InChI=1S/C25H30N6O3/c1-29-7-9-31(10-8-29)15-17-11-18(17)24(32)28-22-13-16-12-19(30(2)20(16)14-27-22)23-21(33-3)5-6-26-25(23)34-4/h5-6,11-14,18H,7-10,15H2,1-4H3,(H,27,28,32)/t18-/m1/s1. The number of methoxy groups -OCH3 is 2. The Morgan fingerprint density at radius 2 is 1.91 bits per heavy atom. The first-order valence-electron chi connectivity index (χ1n) is 11.4. The van der Waals surface area contributed by atoms with Gasteiger partial charge in [0.1, 0.15) is 17.1 Å². The van der Waals surface area contributed by atoms with Crippen LogP contribution in [0, 0.1) is 5.92 Å². The fourth-order valence-corrected chi connectivity index (χ4v) is 4.56. The molecular weight excluding hydrogens is 432 g/mol. The summed E-state index contributed by atoms with van der Waals surface area (Å²) in [5.74, 6) is 1.54. The molecule has 9 nitrogen and oxygen atoms in total. The molecule has 0 bridgehead atoms. The van der Waals surface area contributed by atoms with Crippen LogP contribution < -0.4 is 14.8 Å². The number of fused-ring (bicyclic) bond motifs is 1. The summed E-state index contributed by atoms with van der Waals surface area (Å²) in [7, 11) is 7.32. The number of ether oxygens (including phenoxy) is 2. The number of amides is 1. The summed E-state index contributed by atoms with van der Waals surface area (Å²) in [5.41, 5.74) is 3.79. The summed E-state index contributed by atoms with van der Waals surface area (Å²) < 4.78 is 13.1. The van der Waals surface area contributed by atoms with Crippen molar-refractivity contribution in [3.8, 4) is 22.9 Å². The van der Waals surface area contributed by atoms with Crippen LogP contribution in [0.4, 0.5) is 5.82 Å². The maximum atomic E-state index is 12.8. The Morgan fingerprint density at radius 1 is 1.12 bits per heavy atom. The van der Waals surface area contributed by atoms with E-state index in [0.717, 1.165) is 54.9 Å². The van der Waals surface area contributed by atoms with E-state index in [0.29, 0.717) is 17.4 Å². The van der Waals surface area contributed by atoms with Crippen LogP contribution in [0.25, 0.3) is 22.2 Å². The van der Waals surface area contributed by atoms with Crippen LogP contribution in [-0.2, 0) is 11.8 Å². The largest absolute Gasteiger partial charge is 0.496 e. The van der Waals surface area contributed by atoms with Gasteiger partial charge in [-0.05, 0) is 30.8 Å². The predicted octanol–water partition coefficient (Wildman–Crippen LogP) is 2.39. The highest BCUT2D eigenvalue weighted by molar-refractivity contribution is 5.99. The van der Waals surface area contributed by atoms with Crippen molar-refractivity contribution in [3.05, 3.63) is 42.2 Å². The minimum absolute atomic E-state index is 0.0253. The molecule has 34 heavy (non-hydrogen) atoms. The van der Waals surface area contributed by atoms with E-state index in [-0.39, 0.29) is 11.8 Å². The Bertz CT molecular complexity index is 1240. The lowest BCUT2D eigenvalue weighted by molar-refractivity contribution is -0.116. The molecule has 0 unspecified atom stereocenters. The monoisotopic (exact) mass is 462 g/mol. The Kier molecular flexibility index (Phi) is 5.97. The third-order valence-electron chi connectivity index (χ3n) is 6.68. The Labute approximate surface area is 199 Å². The molecule has 0 aromatic carbocycles. The number of carbonyl (C=O) groups excluding carboxylic acids is 1. The van der Waals surface area contributed by atoms with Crippen LogP contribution in [0.15, 0.2) is 42.2 Å². The molecule has 0 radical (unpaired) electrons. The van der Waals surface area contributed by atoms with Gasteiger partial charge in [0.15, 0.2) is 0 Å². The molecule has 1 aliphatic heterocycles. The second-order valence-electron chi connectivity index (χ2n) is 8.90. The van der Waals surface area contributed by atoms with Crippen LogP contribution in [0.3, 0.4) is 0 Å². The highest BCUT2D eigenvalue weighted by Crippen LogP contribution is 2.39. The van der Waals surface area contributed by atoms with E-state index in [9.17, 15) is 4.79 Å². The van der Waals surface area contributed by atoms with Gasteiger partial charge in [0.05, 0.1) is 37.5 Å². The van der Waals surface area contributed by atoms with Crippen molar-refractivity contribution in [2.24, 2.45) is 13.0 Å². The summed E-state index contributed by atoms with van der Waals surface area (Å²) in [5, 5.41) is 3.94. The first-order valence-corrected chi connectivity index (χ1v) is 11.4. The number of hydrogen-bond donors (Lipinski definition) is 1. The Hall–Kier alpha value is -3.43. The van der Waals surface area contributed by atoms with E-state index in [4.69, 9.17) is 9.47 Å². The van der Waals surface area contributed by atoms with Gasteiger partial charge in [0.25, 0.3) is 0 Å². The summed E-state index contributed by atoms with van der Waals surface area (Å²) >= 11 is 0. The van der Waals surface area contributed by atoms with Crippen LogP contribution in [0.1, 0.15) is 0 Å². The van der Waals surface area contributed by atoms with Gasteiger partial charge in [0, 0.05) is 51.4 Å². The summed E-state index contributed by atoms with van der Waals surface area (Å²) in [6.07, 6.45) is 5.48. The van der Waals surface area contributed by atoms with Gasteiger partial charge in [-0.2, -0.15) is 0 Å². The minimum atomic E-state index is -0.132. The number of nitrogens with one attached hydrogen (secondary N) is 1.